The van der Waals surface area contributed by atoms with E-state index in [2.05, 4.69) is 20.9 Å². The number of guanidine groups is 1. The average Bonchev–Trinajstić information content (AvgIpc) is 2.52. The fourth-order valence-corrected chi connectivity index (χ4v) is 2.39. The van der Waals surface area contributed by atoms with Crippen LogP contribution in [0, 0.1) is 0 Å². The maximum Gasteiger partial charge on any atom is 0.242 e. The molecule has 1 aromatic rings. The molecule has 0 aromatic heterocycles. The molecular formula is C18H30ClIN4O2. The lowest BCUT2D eigenvalue weighted by Gasteiger charge is -2.20. The molecule has 0 aliphatic carbocycles. The molecule has 0 saturated heterocycles. The van der Waals surface area contributed by atoms with Crippen LogP contribution in [0.4, 0.5) is 0 Å². The standard InChI is InChI=1S/C18H29ClN4O2.HI/c1-6-20-17(22-12-16(24)23-18(2,3)4)21-10-9-13-7-8-14(25-5)11-15(13)19;/h7-8,11H,6,9-10,12H2,1-5H3,(H,23,24)(H2,20,21,22);1H. The van der Waals surface area contributed by atoms with Crippen LogP contribution in [0.3, 0.4) is 0 Å². The maximum atomic E-state index is 11.9. The molecule has 26 heavy (non-hydrogen) atoms. The molecule has 8 heteroatoms. The van der Waals surface area contributed by atoms with Crippen LogP contribution in [0.25, 0.3) is 0 Å². The molecule has 0 atom stereocenters. The predicted molar refractivity (Wildman–Crippen MR) is 119 cm³/mol. The van der Waals surface area contributed by atoms with Crippen molar-refractivity contribution in [1.82, 2.24) is 16.0 Å². The van der Waals surface area contributed by atoms with E-state index >= 15 is 0 Å². The van der Waals surface area contributed by atoms with Crippen LogP contribution in [0.15, 0.2) is 23.2 Å². The third-order valence-corrected chi connectivity index (χ3v) is 3.54. The second kappa shape index (κ2) is 12.2. The summed E-state index contributed by atoms with van der Waals surface area (Å²) in [4.78, 5) is 16.2. The third-order valence-electron chi connectivity index (χ3n) is 3.19. The molecule has 0 saturated carbocycles. The lowest BCUT2D eigenvalue weighted by atomic mass is 10.1. The highest BCUT2D eigenvalue weighted by Crippen LogP contribution is 2.22. The summed E-state index contributed by atoms with van der Waals surface area (Å²) in [7, 11) is 1.61. The van der Waals surface area contributed by atoms with Gasteiger partial charge in [0.1, 0.15) is 12.3 Å². The molecule has 0 radical (unpaired) electrons. The van der Waals surface area contributed by atoms with Gasteiger partial charge in [0.05, 0.1) is 7.11 Å². The van der Waals surface area contributed by atoms with Gasteiger partial charge in [0.25, 0.3) is 0 Å². The number of amides is 1. The highest BCUT2D eigenvalue weighted by molar-refractivity contribution is 14.0. The van der Waals surface area contributed by atoms with E-state index in [4.69, 9.17) is 16.3 Å². The number of halogens is 2. The Morgan fingerprint density at radius 2 is 1.96 bits per heavy atom. The van der Waals surface area contributed by atoms with Crippen LogP contribution in [-0.4, -0.2) is 44.1 Å². The first-order chi connectivity index (χ1) is 11.7. The second-order valence-corrected chi connectivity index (χ2v) is 7.03. The lowest BCUT2D eigenvalue weighted by molar-refractivity contribution is -0.121. The molecule has 0 spiro atoms. The summed E-state index contributed by atoms with van der Waals surface area (Å²) in [6, 6.07) is 5.63. The number of nitrogens with zero attached hydrogens (tertiary/aromatic N) is 1. The molecule has 6 nitrogen and oxygen atoms in total. The minimum atomic E-state index is -0.260. The molecule has 3 N–H and O–H groups in total. The number of hydrogen-bond acceptors (Lipinski definition) is 3. The lowest BCUT2D eigenvalue weighted by Crippen LogP contribution is -2.43. The first kappa shape index (κ1) is 24.8. The number of carbonyl (C=O) groups excluding carboxylic acids is 1. The summed E-state index contributed by atoms with van der Waals surface area (Å²) >= 11 is 6.24. The van der Waals surface area contributed by atoms with E-state index in [0.717, 1.165) is 24.3 Å². The minimum Gasteiger partial charge on any atom is -0.497 e. The fraction of sp³-hybridized carbons (Fsp3) is 0.556. The Morgan fingerprint density at radius 3 is 2.50 bits per heavy atom. The number of ether oxygens (including phenoxy) is 1. The number of hydrogen-bond donors (Lipinski definition) is 3. The zero-order valence-electron chi connectivity index (χ0n) is 16.1. The Morgan fingerprint density at radius 1 is 1.27 bits per heavy atom. The normalized spacial score (nSPS) is 11.4. The van der Waals surface area contributed by atoms with Gasteiger partial charge in [-0.2, -0.15) is 0 Å². The zero-order chi connectivity index (χ0) is 18.9. The van der Waals surface area contributed by atoms with Crippen molar-refractivity contribution in [1.29, 1.82) is 0 Å². The Bertz CT molecular complexity index is 603. The van der Waals surface area contributed by atoms with Crippen LogP contribution in [0.2, 0.25) is 5.02 Å². The van der Waals surface area contributed by atoms with E-state index in [0.29, 0.717) is 17.5 Å². The molecule has 0 aliphatic heterocycles. The van der Waals surface area contributed by atoms with Crippen molar-refractivity contribution < 1.29 is 9.53 Å². The van der Waals surface area contributed by atoms with Gasteiger partial charge in [0.2, 0.25) is 5.91 Å². The van der Waals surface area contributed by atoms with E-state index in [1.54, 1.807) is 13.2 Å². The number of aliphatic imine (C=N–C) groups is 1. The molecule has 0 fully saturated rings. The first-order valence-corrected chi connectivity index (χ1v) is 8.78. The molecule has 1 aromatic carbocycles. The zero-order valence-corrected chi connectivity index (χ0v) is 19.2. The summed E-state index contributed by atoms with van der Waals surface area (Å²) in [5, 5.41) is 9.90. The van der Waals surface area contributed by atoms with E-state index in [1.165, 1.54) is 0 Å². The topological polar surface area (TPSA) is 74.8 Å². The molecule has 0 bridgehead atoms. The average molecular weight is 497 g/mol. The number of benzene rings is 1. The number of carbonyl (C=O) groups is 1. The van der Waals surface area contributed by atoms with Crippen LogP contribution in [-0.2, 0) is 11.2 Å². The maximum absolute atomic E-state index is 11.9. The molecule has 0 unspecified atom stereocenters. The SMILES string of the molecule is CCNC(=NCC(=O)NC(C)(C)C)NCCc1ccc(OC)cc1Cl.I. The van der Waals surface area contributed by atoms with E-state index in [9.17, 15) is 4.79 Å². The number of rotatable bonds is 7. The fourth-order valence-electron chi connectivity index (χ4n) is 2.12. The van der Waals surface area contributed by atoms with Gasteiger partial charge in [-0.1, -0.05) is 17.7 Å². The van der Waals surface area contributed by atoms with Gasteiger partial charge in [0, 0.05) is 23.7 Å². The van der Waals surface area contributed by atoms with Crippen molar-refractivity contribution in [3.63, 3.8) is 0 Å². The third kappa shape index (κ3) is 10.1. The van der Waals surface area contributed by atoms with Gasteiger partial charge in [-0.15, -0.1) is 24.0 Å². The number of methoxy groups -OCH3 is 1. The van der Waals surface area contributed by atoms with Crippen LogP contribution >= 0.6 is 35.6 Å². The summed E-state index contributed by atoms with van der Waals surface area (Å²) in [5.41, 5.74) is 0.764. The predicted octanol–water partition coefficient (Wildman–Crippen LogP) is 2.98. The van der Waals surface area contributed by atoms with Gasteiger partial charge < -0.3 is 20.7 Å². The van der Waals surface area contributed by atoms with Gasteiger partial charge >= 0.3 is 0 Å². The number of nitrogens with one attached hydrogen (secondary N) is 3. The monoisotopic (exact) mass is 496 g/mol. The minimum absolute atomic E-state index is 0. The second-order valence-electron chi connectivity index (χ2n) is 6.63. The van der Waals surface area contributed by atoms with Crippen molar-refractivity contribution in [2.24, 2.45) is 4.99 Å². The van der Waals surface area contributed by atoms with Crippen molar-refractivity contribution in [3.8, 4) is 5.75 Å². The Balaban J connectivity index is 0.00000625. The van der Waals surface area contributed by atoms with E-state index in [-0.39, 0.29) is 42.0 Å². The van der Waals surface area contributed by atoms with Crippen molar-refractivity contribution in [3.05, 3.63) is 28.8 Å². The smallest absolute Gasteiger partial charge is 0.242 e. The van der Waals surface area contributed by atoms with Crippen LogP contribution < -0.4 is 20.7 Å². The van der Waals surface area contributed by atoms with Gasteiger partial charge in [-0.05, 0) is 51.8 Å². The molecule has 0 heterocycles. The molecule has 0 aliphatic rings. The molecule has 1 rings (SSSR count). The Hall–Kier alpha value is -1.22. The van der Waals surface area contributed by atoms with Crippen molar-refractivity contribution in [2.75, 3.05) is 26.7 Å². The summed E-state index contributed by atoms with van der Waals surface area (Å²) in [6.45, 7) is 9.25. The van der Waals surface area contributed by atoms with Crippen LogP contribution in [0.1, 0.15) is 33.3 Å². The highest BCUT2D eigenvalue weighted by Gasteiger charge is 2.13. The molecule has 1 amide bonds. The molecular weight excluding hydrogens is 467 g/mol. The highest BCUT2D eigenvalue weighted by atomic mass is 127. The van der Waals surface area contributed by atoms with Crippen molar-refractivity contribution in [2.45, 2.75) is 39.7 Å². The quantitative estimate of drug-likeness (QED) is 0.308. The Labute approximate surface area is 178 Å². The van der Waals surface area contributed by atoms with Gasteiger partial charge in [-0.3, -0.25) is 4.79 Å². The van der Waals surface area contributed by atoms with E-state index < -0.39 is 0 Å². The van der Waals surface area contributed by atoms with Crippen LogP contribution in [0.5, 0.6) is 5.75 Å². The van der Waals surface area contributed by atoms with E-state index in [1.807, 2.05) is 39.8 Å². The summed E-state index contributed by atoms with van der Waals surface area (Å²) in [6.07, 6.45) is 0.738. The summed E-state index contributed by atoms with van der Waals surface area (Å²) < 4.78 is 5.15. The van der Waals surface area contributed by atoms with Gasteiger partial charge in [-0.25, -0.2) is 4.99 Å². The molecule has 148 valence electrons. The Kier molecular flexibility index (Phi) is 11.6. The van der Waals surface area contributed by atoms with Gasteiger partial charge in [0.15, 0.2) is 5.96 Å². The van der Waals surface area contributed by atoms with Crippen molar-refractivity contribution >= 4 is 47.4 Å². The summed E-state index contributed by atoms with van der Waals surface area (Å²) in [5.74, 6) is 1.24. The first-order valence-electron chi connectivity index (χ1n) is 8.40. The largest absolute Gasteiger partial charge is 0.497 e.